The van der Waals surface area contributed by atoms with Crippen LogP contribution in [0.25, 0.3) is 129 Å². The van der Waals surface area contributed by atoms with Crippen LogP contribution in [0.4, 0.5) is 0 Å². The third-order valence-corrected chi connectivity index (χ3v) is 29.2. The SMILES string of the molecule is CCCCCCCCCCCCc1ccc2c3c(CCCCCCCCCCCC)ccc4c5c(CCCCCCCCCCCC)ccc6c7c(CCCCCCCCCCCC)ccc8c9c(CCCCCCCCCCCC)ccc%10c%11c(CCCCCCCCCCCC)ccc%12c1c2c1c(c%12%11)c(c%109)c(c87)c(c65)c1c43. The molecule has 0 aromatic heterocycles. The molecular weight excluding hydrogens is 1370 g/mol. The first-order chi connectivity index (χ1) is 56.6. The van der Waals surface area contributed by atoms with Crippen LogP contribution in [0, 0.1) is 0 Å². The highest BCUT2D eigenvalue weighted by Gasteiger charge is 2.35. The van der Waals surface area contributed by atoms with Gasteiger partial charge in [0.1, 0.15) is 0 Å². The van der Waals surface area contributed by atoms with Crippen molar-refractivity contribution in [2.24, 2.45) is 0 Å². The molecule has 0 N–H and O–H groups in total. The number of unbranched alkanes of at least 4 members (excludes halogenated alkanes) is 54. The molecule has 0 atom stereocenters. The van der Waals surface area contributed by atoms with E-state index >= 15 is 0 Å². The van der Waals surface area contributed by atoms with Crippen LogP contribution in [0.1, 0.15) is 460 Å². The van der Waals surface area contributed by atoms with Gasteiger partial charge in [-0.15, -0.1) is 0 Å². The van der Waals surface area contributed by atoms with Crippen LogP contribution in [0.3, 0.4) is 0 Å². The van der Waals surface area contributed by atoms with Crippen molar-refractivity contribution in [1.29, 1.82) is 0 Å². The molecule has 0 fully saturated rings. The first kappa shape index (κ1) is 86.4. The Hall–Kier alpha value is -5.46. The van der Waals surface area contributed by atoms with Gasteiger partial charge in [0.15, 0.2) is 0 Å². The highest BCUT2D eigenvalue weighted by atomic mass is 14.4. The van der Waals surface area contributed by atoms with E-state index in [2.05, 4.69) is 114 Å². The van der Waals surface area contributed by atoms with Crippen molar-refractivity contribution in [3.8, 4) is 0 Å². The monoisotopic (exact) mass is 1530 g/mol. The fourth-order valence-electron chi connectivity index (χ4n) is 22.8. The normalized spacial score (nSPS) is 12.7. The van der Waals surface area contributed by atoms with E-state index < -0.39 is 0 Å². The molecule has 0 amide bonds. The molecule has 0 radical (unpaired) electrons. The van der Waals surface area contributed by atoms with Gasteiger partial charge in [0.25, 0.3) is 0 Å². The number of hydrogen-bond donors (Lipinski definition) is 0. The van der Waals surface area contributed by atoms with Gasteiger partial charge in [-0.05, 0) is 240 Å². The van der Waals surface area contributed by atoms with E-state index in [9.17, 15) is 0 Å². The Labute approximate surface area is 696 Å². The van der Waals surface area contributed by atoms with Crippen LogP contribution in [0.15, 0.2) is 72.8 Å². The van der Waals surface area contributed by atoms with Crippen molar-refractivity contribution in [3.63, 3.8) is 0 Å². The Bertz CT molecular complexity index is 4030. The molecule has 13 aromatic rings. The second-order valence-corrected chi connectivity index (χ2v) is 38.0. The van der Waals surface area contributed by atoms with Gasteiger partial charge in [0.05, 0.1) is 0 Å². The Morgan fingerprint density at radius 2 is 0.211 bits per heavy atom. The smallest absolute Gasteiger partial charge is 0.0000368 e. The average Bonchev–Trinajstić information content (AvgIpc) is 0.639. The number of fused-ring (bicyclic) bond motifs is 6. The minimum absolute atomic E-state index is 1.16. The summed E-state index contributed by atoms with van der Waals surface area (Å²) in [5.74, 6) is 0. The number of benzene rings is 13. The Kier molecular flexibility index (Phi) is 35.0. The lowest BCUT2D eigenvalue weighted by atomic mass is 9.71. The van der Waals surface area contributed by atoms with Gasteiger partial charge in [0, 0.05) is 0 Å². The van der Waals surface area contributed by atoms with Crippen LogP contribution in [-0.4, -0.2) is 0 Å². The zero-order valence-electron chi connectivity index (χ0n) is 74.6. The lowest BCUT2D eigenvalue weighted by molar-refractivity contribution is 0.556. The topological polar surface area (TPSA) is 0 Å². The van der Waals surface area contributed by atoms with Gasteiger partial charge in [-0.2, -0.15) is 0 Å². The minimum atomic E-state index is 1.16. The minimum Gasteiger partial charge on any atom is -0.0654 e. The fraction of sp³-hybridized carbons (Fsp3) is 0.632. The molecular formula is C114H162. The molecule has 0 nitrogen and oxygen atoms in total. The summed E-state index contributed by atoms with van der Waals surface area (Å²) in [7, 11) is 0. The largest absolute Gasteiger partial charge is 0.0654 e. The second-order valence-electron chi connectivity index (χ2n) is 38.0. The maximum atomic E-state index is 2.75. The summed E-state index contributed by atoms with van der Waals surface area (Å²) in [5.41, 5.74) is 9.73. The van der Waals surface area contributed by atoms with Crippen molar-refractivity contribution in [3.05, 3.63) is 106 Å². The van der Waals surface area contributed by atoms with Gasteiger partial charge in [-0.25, -0.2) is 0 Å². The molecule has 114 heavy (non-hydrogen) atoms. The van der Waals surface area contributed by atoms with Gasteiger partial charge in [0.2, 0.25) is 0 Å². The fourth-order valence-corrected chi connectivity index (χ4v) is 22.8. The average molecular weight is 1530 g/mol. The van der Waals surface area contributed by atoms with Crippen LogP contribution >= 0.6 is 0 Å². The summed E-state index contributed by atoms with van der Waals surface area (Å²) >= 11 is 0. The van der Waals surface area contributed by atoms with Gasteiger partial charge < -0.3 is 0 Å². The molecule has 13 rings (SSSR count). The van der Waals surface area contributed by atoms with E-state index in [1.54, 1.807) is 163 Å². The zero-order chi connectivity index (χ0) is 78.5. The highest BCUT2D eigenvalue weighted by molar-refractivity contribution is 6.61. The maximum Gasteiger partial charge on any atom is -0.0000368 e. The van der Waals surface area contributed by atoms with E-state index in [4.69, 9.17) is 0 Å². The van der Waals surface area contributed by atoms with Gasteiger partial charge in [-0.3, -0.25) is 0 Å². The van der Waals surface area contributed by atoms with E-state index in [-0.39, 0.29) is 0 Å². The molecule has 0 aliphatic heterocycles. The predicted octanol–water partition coefficient (Wildman–Crippen LogP) is 38.9. The summed E-state index contributed by atoms with van der Waals surface area (Å²) in [5, 5.41) is 38.8. The van der Waals surface area contributed by atoms with E-state index in [0.717, 1.165) is 38.5 Å². The first-order valence-corrected chi connectivity index (χ1v) is 50.8. The highest BCUT2D eigenvalue weighted by Crippen LogP contribution is 2.62. The molecule has 0 saturated carbocycles. The molecule has 0 heteroatoms. The van der Waals surface area contributed by atoms with E-state index in [1.165, 1.54) is 385 Å². The standard InChI is InChI=1S/C114H162/c1-7-13-19-25-31-37-43-49-55-61-67-85-73-79-92-98-87(69-63-57-51-45-39-33-27-21-15-9-3)75-82-94-100-89(71-65-59-53-47-41-35-29-23-17-11-5)77-83-95-102-90(72-66-60-54-48-42-36-30-24-18-12-6)78-84-96-101-88(70-64-58-52-46-40-34-28-22-16-10-4)76-81-93-99-86(68-62-56-50-44-38-32-26-20-14-8-2)74-80-91-97(85)103(92)109-110(104(91)99)112(106(93)101)114(108(96)102)113(107(95)100)111(109)105(94)98/h73-84H,7-72H2,1-6H3. The van der Waals surface area contributed by atoms with E-state index in [0.29, 0.717) is 0 Å². The molecule has 0 aliphatic rings. The molecule has 0 bridgehead atoms. The van der Waals surface area contributed by atoms with Crippen molar-refractivity contribution in [2.75, 3.05) is 0 Å². The second kappa shape index (κ2) is 46.2. The maximum absolute atomic E-state index is 2.75. The van der Waals surface area contributed by atoms with Crippen LogP contribution in [-0.2, 0) is 38.5 Å². The molecule has 0 heterocycles. The van der Waals surface area contributed by atoms with Gasteiger partial charge >= 0.3 is 0 Å². The number of hydrogen-bond acceptors (Lipinski definition) is 0. The summed E-state index contributed by atoms with van der Waals surface area (Å²) in [6.45, 7) is 14.1. The lowest BCUT2D eigenvalue weighted by Crippen LogP contribution is -2.05. The number of rotatable bonds is 66. The van der Waals surface area contributed by atoms with Crippen LogP contribution in [0.5, 0.6) is 0 Å². The van der Waals surface area contributed by atoms with Crippen molar-refractivity contribution < 1.29 is 0 Å². The Morgan fingerprint density at radius 3 is 0.325 bits per heavy atom. The lowest BCUT2D eigenvalue weighted by Gasteiger charge is -2.32. The van der Waals surface area contributed by atoms with Crippen molar-refractivity contribution in [1.82, 2.24) is 0 Å². The molecule has 13 aromatic carbocycles. The van der Waals surface area contributed by atoms with E-state index in [1.807, 2.05) is 0 Å². The Morgan fingerprint density at radius 1 is 0.105 bits per heavy atom. The quantitative estimate of drug-likeness (QED) is 0.0202. The summed E-state index contributed by atoms with van der Waals surface area (Å²) < 4.78 is 0. The summed E-state index contributed by atoms with van der Waals surface area (Å²) in [4.78, 5) is 0. The van der Waals surface area contributed by atoms with Gasteiger partial charge in [-0.1, -0.05) is 461 Å². The molecule has 618 valence electrons. The molecule has 0 aliphatic carbocycles. The Balaban J connectivity index is 1.04. The first-order valence-electron chi connectivity index (χ1n) is 50.8. The third-order valence-electron chi connectivity index (χ3n) is 29.2. The van der Waals surface area contributed by atoms with Crippen molar-refractivity contribution >= 4 is 129 Å². The molecule has 0 spiro atoms. The zero-order valence-corrected chi connectivity index (χ0v) is 74.6. The van der Waals surface area contributed by atoms with Crippen LogP contribution in [0.2, 0.25) is 0 Å². The predicted molar refractivity (Wildman–Crippen MR) is 517 cm³/mol. The summed E-state index contributed by atoms with van der Waals surface area (Å²) in [6, 6.07) is 32.9. The molecule has 0 unspecified atom stereocenters. The molecule has 0 saturated heterocycles. The third kappa shape index (κ3) is 20.5. The number of aryl methyl sites for hydroxylation is 6. The van der Waals surface area contributed by atoms with Crippen LogP contribution < -0.4 is 0 Å². The van der Waals surface area contributed by atoms with Crippen molar-refractivity contribution in [2.45, 2.75) is 465 Å². The summed E-state index contributed by atoms with van der Waals surface area (Å²) in [6.07, 6.45) is 89.4.